The molecule has 186 valence electrons. The van der Waals surface area contributed by atoms with E-state index < -0.39 is 0 Å². The molecule has 2 aromatic carbocycles. The average Bonchev–Trinajstić information content (AvgIpc) is 3.12. The first-order chi connectivity index (χ1) is 17.5. The van der Waals surface area contributed by atoms with Crippen LogP contribution in [0.5, 0.6) is 0 Å². The number of carbonyl (C=O) groups excluding carboxylic acids is 2. The third kappa shape index (κ3) is 4.75. The smallest absolute Gasteiger partial charge is 0.226 e. The Morgan fingerprint density at radius 2 is 1.81 bits per heavy atom. The molecule has 1 aliphatic carbocycles. The molecular weight excluding hydrogens is 457 g/mol. The van der Waals surface area contributed by atoms with Gasteiger partial charge in [0, 0.05) is 37.8 Å². The van der Waals surface area contributed by atoms with Crippen molar-refractivity contribution in [1.82, 2.24) is 15.2 Å². The second-order valence-electron chi connectivity index (χ2n) is 9.70. The van der Waals surface area contributed by atoms with Crippen LogP contribution in [0.1, 0.15) is 48.1 Å². The van der Waals surface area contributed by atoms with E-state index in [-0.39, 0.29) is 41.6 Å². The van der Waals surface area contributed by atoms with Gasteiger partial charge in [-0.05, 0) is 59.4 Å². The highest BCUT2D eigenvalue weighted by Crippen LogP contribution is 2.52. The molecule has 0 unspecified atom stereocenters. The van der Waals surface area contributed by atoms with E-state index in [0.29, 0.717) is 25.3 Å². The summed E-state index contributed by atoms with van der Waals surface area (Å²) in [6, 6.07) is 18.0. The summed E-state index contributed by atoms with van der Waals surface area (Å²) in [4.78, 5) is 31.2. The number of ether oxygens (including phenoxy) is 1. The van der Waals surface area contributed by atoms with Crippen molar-refractivity contribution in [2.75, 3.05) is 13.1 Å². The van der Waals surface area contributed by atoms with Crippen molar-refractivity contribution >= 4 is 11.8 Å². The van der Waals surface area contributed by atoms with E-state index in [1.807, 2.05) is 29.2 Å². The summed E-state index contributed by atoms with van der Waals surface area (Å²) >= 11 is 0. The maximum Gasteiger partial charge on any atom is 0.226 e. The van der Waals surface area contributed by atoms with Gasteiger partial charge in [-0.1, -0.05) is 36.4 Å². The molecule has 2 amide bonds. The first-order valence-corrected chi connectivity index (χ1v) is 12.4. The number of amides is 2. The number of rotatable bonds is 6. The Morgan fingerprint density at radius 1 is 1.06 bits per heavy atom. The van der Waals surface area contributed by atoms with Gasteiger partial charge in [-0.2, -0.15) is 0 Å². The lowest BCUT2D eigenvalue weighted by molar-refractivity contribution is -0.133. The summed E-state index contributed by atoms with van der Waals surface area (Å²) in [5.74, 6) is -0.444. The van der Waals surface area contributed by atoms with Gasteiger partial charge >= 0.3 is 0 Å². The van der Waals surface area contributed by atoms with Gasteiger partial charge < -0.3 is 15.0 Å². The van der Waals surface area contributed by atoms with Gasteiger partial charge in [-0.15, -0.1) is 0 Å². The van der Waals surface area contributed by atoms with Crippen molar-refractivity contribution < 1.29 is 18.7 Å². The van der Waals surface area contributed by atoms with Gasteiger partial charge in [0.1, 0.15) is 5.82 Å². The van der Waals surface area contributed by atoms with Gasteiger partial charge in [0.25, 0.3) is 0 Å². The van der Waals surface area contributed by atoms with E-state index in [1.54, 1.807) is 24.5 Å². The topological polar surface area (TPSA) is 71.5 Å². The molecule has 7 heteroatoms. The maximum absolute atomic E-state index is 13.6. The number of carbonyl (C=O) groups is 2. The van der Waals surface area contributed by atoms with Crippen LogP contribution in [0.15, 0.2) is 73.1 Å². The molecule has 1 aromatic heterocycles. The fourth-order valence-corrected chi connectivity index (χ4v) is 5.79. The second kappa shape index (κ2) is 10.2. The molecule has 2 atom stereocenters. The van der Waals surface area contributed by atoms with Crippen molar-refractivity contribution in [3.05, 3.63) is 101 Å². The van der Waals surface area contributed by atoms with Crippen LogP contribution in [-0.4, -0.2) is 40.9 Å². The third-order valence-corrected chi connectivity index (χ3v) is 7.47. The first kappa shape index (κ1) is 24.1. The Kier molecular flexibility index (Phi) is 6.83. The average molecular weight is 488 g/mol. The minimum atomic E-state index is -0.335. The zero-order valence-corrected chi connectivity index (χ0v) is 20.3. The van der Waals surface area contributed by atoms with Crippen molar-refractivity contribution in [1.29, 1.82) is 0 Å². The number of aromatic nitrogens is 1. The lowest BCUT2D eigenvalue weighted by Gasteiger charge is -2.44. The monoisotopic (exact) mass is 487 g/mol. The molecule has 0 saturated carbocycles. The zero-order chi connectivity index (χ0) is 25.1. The van der Waals surface area contributed by atoms with Crippen LogP contribution in [0, 0.1) is 5.82 Å². The Bertz CT molecular complexity index is 1240. The van der Waals surface area contributed by atoms with Crippen molar-refractivity contribution in [3.63, 3.8) is 0 Å². The molecule has 1 aliphatic heterocycles. The summed E-state index contributed by atoms with van der Waals surface area (Å²) in [6.45, 7) is 3.08. The number of likely N-dealkylation sites (tertiary alicyclic amines) is 1. The summed E-state index contributed by atoms with van der Waals surface area (Å²) < 4.78 is 20.2. The molecule has 1 saturated heterocycles. The summed E-state index contributed by atoms with van der Waals surface area (Å²) in [6.07, 6.45) is 4.83. The Morgan fingerprint density at radius 3 is 2.53 bits per heavy atom. The van der Waals surface area contributed by atoms with E-state index >= 15 is 0 Å². The van der Waals surface area contributed by atoms with Gasteiger partial charge in [0.05, 0.1) is 25.2 Å². The molecule has 36 heavy (non-hydrogen) atoms. The number of hydrogen-bond acceptors (Lipinski definition) is 4. The highest BCUT2D eigenvalue weighted by atomic mass is 19.1. The van der Waals surface area contributed by atoms with Crippen LogP contribution in [-0.2, 0) is 32.8 Å². The van der Waals surface area contributed by atoms with Crippen LogP contribution in [0.25, 0.3) is 0 Å². The maximum atomic E-state index is 13.6. The van der Waals surface area contributed by atoms with Gasteiger partial charge in [0.2, 0.25) is 11.8 Å². The number of fused-ring (bicyclic) bond motifs is 2. The van der Waals surface area contributed by atoms with Gasteiger partial charge in [-0.25, -0.2) is 4.39 Å². The van der Waals surface area contributed by atoms with Crippen LogP contribution in [0.3, 0.4) is 0 Å². The molecule has 3 aromatic rings. The minimum Gasteiger partial charge on any atom is -0.370 e. The number of nitrogens with one attached hydrogen (secondary N) is 1. The van der Waals surface area contributed by atoms with Crippen molar-refractivity contribution in [3.8, 4) is 0 Å². The minimum absolute atomic E-state index is 0.00519. The van der Waals surface area contributed by atoms with Crippen molar-refractivity contribution in [2.24, 2.45) is 0 Å². The number of piperidine rings is 1. The second-order valence-corrected chi connectivity index (χ2v) is 9.70. The standard InChI is InChI=1S/C29H30FN3O3/c1-20(34)32-27-24-7-2-3-8-25(24)29(28(27)36-19-21-9-13-31-14-10-21)11-15-33(16-12-29)26(35)18-22-5-4-6-23(30)17-22/h2-10,13-14,17,27-28H,11-12,15-16,18-19H2,1H3,(H,32,34)/t27-,28+/m1/s1. The summed E-state index contributed by atoms with van der Waals surface area (Å²) in [7, 11) is 0. The lowest BCUT2D eigenvalue weighted by atomic mass is 9.71. The Labute approximate surface area is 210 Å². The molecule has 1 fully saturated rings. The molecule has 5 rings (SSSR count). The molecule has 2 aliphatic rings. The molecule has 0 radical (unpaired) electrons. The van der Waals surface area contributed by atoms with Crippen LogP contribution >= 0.6 is 0 Å². The molecule has 1 spiro atoms. The first-order valence-electron chi connectivity index (χ1n) is 12.4. The normalized spacial score (nSPS) is 20.2. The number of hydrogen-bond donors (Lipinski definition) is 1. The van der Waals surface area contributed by atoms with Crippen molar-refractivity contribution in [2.45, 2.75) is 50.4 Å². The fraction of sp³-hybridized carbons (Fsp3) is 0.345. The summed E-state index contributed by atoms with van der Waals surface area (Å²) in [5.41, 5.74) is 3.62. The van der Waals surface area contributed by atoms with Gasteiger partial charge in [0.15, 0.2) is 0 Å². The zero-order valence-electron chi connectivity index (χ0n) is 20.3. The molecule has 0 bridgehead atoms. The summed E-state index contributed by atoms with van der Waals surface area (Å²) in [5, 5.41) is 3.14. The van der Waals surface area contributed by atoms with E-state index in [2.05, 4.69) is 22.4 Å². The van der Waals surface area contributed by atoms with E-state index in [9.17, 15) is 14.0 Å². The van der Waals surface area contributed by atoms with E-state index in [1.165, 1.54) is 24.6 Å². The highest BCUT2D eigenvalue weighted by Gasteiger charge is 2.54. The van der Waals surface area contributed by atoms with Crippen LogP contribution in [0.4, 0.5) is 4.39 Å². The number of nitrogens with zero attached hydrogens (tertiary/aromatic N) is 2. The fourth-order valence-electron chi connectivity index (χ4n) is 5.79. The molecule has 6 nitrogen and oxygen atoms in total. The van der Waals surface area contributed by atoms with E-state index in [0.717, 1.165) is 24.0 Å². The Balaban J connectivity index is 1.39. The largest absolute Gasteiger partial charge is 0.370 e. The van der Waals surface area contributed by atoms with E-state index in [4.69, 9.17) is 4.74 Å². The number of benzene rings is 2. The number of halogens is 1. The quantitative estimate of drug-likeness (QED) is 0.568. The SMILES string of the molecule is CC(=O)N[C@@H]1c2ccccc2C2(CCN(C(=O)Cc3cccc(F)c3)CC2)[C@H]1OCc1ccncc1. The third-order valence-electron chi connectivity index (χ3n) is 7.47. The number of pyridine rings is 1. The van der Waals surface area contributed by atoms with Crippen LogP contribution < -0.4 is 5.32 Å². The predicted octanol–water partition coefficient (Wildman–Crippen LogP) is 4.10. The Hall–Kier alpha value is -3.58. The highest BCUT2D eigenvalue weighted by molar-refractivity contribution is 5.79. The molecule has 1 N–H and O–H groups in total. The molecular formula is C29H30FN3O3. The predicted molar refractivity (Wildman–Crippen MR) is 133 cm³/mol. The molecule has 2 heterocycles. The van der Waals surface area contributed by atoms with Crippen LogP contribution in [0.2, 0.25) is 0 Å². The lowest BCUT2D eigenvalue weighted by Crippen LogP contribution is -2.52. The van der Waals surface area contributed by atoms with Gasteiger partial charge in [-0.3, -0.25) is 14.6 Å².